The third-order valence-electron chi connectivity index (χ3n) is 5.75. The Morgan fingerprint density at radius 1 is 1.25 bits per heavy atom. The number of nitrogens with zero attached hydrogens (tertiary/aromatic N) is 3. The van der Waals surface area contributed by atoms with Crippen molar-refractivity contribution in [2.24, 2.45) is 5.92 Å². The Morgan fingerprint density at radius 3 is 2.75 bits per heavy atom. The number of ether oxygens (including phenoxy) is 2. The number of aromatic amines is 1. The number of piperidine rings is 1. The Bertz CT molecular complexity index is 1150. The molecule has 1 aliphatic heterocycles. The highest BCUT2D eigenvalue weighted by Gasteiger charge is 2.21. The monoisotopic (exact) mass is 430 g/mol. The Kier molecular flexibility index (Phi) is 6.41. The van der Waals surface area contributed by atoms with Gasteiger partial charge in [0, 0.05) is 13.1 Å². The number of likely N-dealkylation sites (tertiary alicyclic amines) is 1. The molecule has 0 spiro atoms. The molecule has 7 heteroatoms. The van der Waals surface area contributed by atoms with Crippen LogP contribution in [0.3, 0.4) is 0 Å². The fourth-order valence-electron chi connectivity index (χ4n) is 3.78. The molecule has 164 valence electrons. The van der Waals surface area contributed by atoms with Crippen LogP contribution in [0.15, 0.2) is 42.5 Å². The second-order valence-electron chi connectivity index (χ2n) is 8.03. The van der Waals surface area contributed by atoms with Gasteiger partial charge in [-0.15, -0.1) is 0 Å². The molecule has 1 aliphatic rings. The third kappa shape index (κ3) is 4.75. The molecule has 2 heterocycles. The molecule has 0 atom stereocenters. The topological polar surface area (TPSA) is 91.2 Å². The molecule has 0 unspecified atom stereocenters. The molecule has 1 aromatic heterocycles. The standard InChI is InChI=1S/C25H26N4O3/c1-17-9-11-29(12-10-17)24(30)16-32-22-8-7-18(14-23(22)31-2)13-19(15-26)25-27-20-5-3-4-6-21(20)28-25/h3-8,13-14,17H,9-12,16H2,1-2H3,(H,27,28)/b19-13-. The van der Waals surface area contributed by atoms with Crippen LogP contribution in [0, 0.1) is 17.2 Å². The summed E-state index contributed by atoms with van der Waals surface area (Å²) >= 11 is 0. The summed E-state index contributed by atoms with van der Waals surface area (Å²) in [5.74, 6) is 2.15. The van der Waals surface area contributed by atoms with Crippen LogP contribution in [0.25, 0.3) is 22.7 Å². The number of aromatic nitrogens is 2. The highest BCUT2D eigenvalue weighted by atomic mass is 16.5. The largest absolute Gasteiger partial charge is 0.493 e. The number of carbonyl (C=O) groups excluding carboxylic acids is 1. The minimum absolute atomic E-state index is 0.0143. The second-order valence-corrected chi connectivity index (χ2v) is 8.03. The van der Waals surface area contributed by atoms with E-state index in [-0.39, 0.29) is 12.5 Å². The summed E-state index contributed by atoms with van der Waals surface area (Å²) < 4.78 is 11.2. The number of para-hydroxylation sites is 2. The number of nitriles is 1. The summed E-state index contributed by atoms with van der Waals surface area (Å²) in [6.07, 6.45) is 3.80. The summed E-state index contributed by atoms with van der Waals surface area (Å²) in [7, 11) is 1.55. The average molecular weight is 431 g/mol. The van der Waals surface area contributed by atoms with E-state index >= 15 is 0 Å². The Labute approximate surface area is 187 Å². The number of allylic oxidation sites excluding steroid dienone is 1. The van der Waals surface area contributed by atoms with Crippen molar-refractivity contribution >= 4 is 28.6 Å². The van der Waals surface area contributed by atoms with Gasteiger partial charge in [0.15, 0.2) is 18.1 Å². The maximum atomic E-state index is 12.5. The summed E-state index contributed by atoms with van der Waals surface area (Å²) in [5, 5.41) is 9.66. The summed E-state index contributed by atoms with van der Waals surface area (Å²) in [4.78, 5) is 22.0. The van der Waals surface area contributed by atoms with Gasteiger partial charge in [0.25, 0.3) is 5.91 Å². The van der Waals surface area contributed by atoms with Gasteiger partial charge in [-0.05, 0) is 54.7 Å². The number of benzene rings is 2. The van der Waals surface area contributed by atoms with E-state index in [1.165, 1.54) is 0 Å². The first-order chi connectivity index (χ1) is 15.6. The van der Waals surface area contributed by atoms with Crippen LogP contribution in [0.1, 0.15) is 31.2 Å². The van der Waals surface area contributed by atoms with Crippen LogP contribution in [0.4, 0.5) is 0 Å². The highest BCUT2D eigenvalue weighted by Crippen LogP contribution is 2.30. The number of methoxy groups -OCH3 is 1. The van der Waals surface area contributed by atoms with E-state index in [1.807, 2.05) is 35.2 Å². The lowest BCUT2D eigenvalue weighted by atomic mass is 9.99. The quantitative estimate of drug-likeness (QED) is 0.590. The van der Waals surface area contributed by atoms with Gasteiger partial charge in [0.1, 0.15) is 11.9 Å². The lowest BCUT2D eigenvalue weighted by Gasteiger charge is -2.30. The van der Waals surface area contributed by atoms with E-state index in [9.17, 15) is 10.1 Å². The smallest absolute Gasteiger partial charge is 0.260 e. The Balaban J connectivity index is 1.48. The van der Waals surface area contributed by atoms with Gasteiger partial charge in [-0.2, -0.15) is 5.26 Å². The number of hydrogen-bond donors (Lipinski definition) is 1. The minimum Gasteiger partial charge on any atom is -0.493 e. The van der Waals surface area contributed by atoms with Crippen molar-refractivity contribution in [1.29, 1.82) is 5.26 Å². The fourth-order valence-corrected chi connectivity index (χ4v) is 3.78. The van der Waals surface area contributed by atoms with E-state index in [1.54, 1.807) is 25.3 Å². The number of nitrogens with one attached hydrogen (secondary N) is 1. The highest BCUT2D eigenvalue weighted by molar-refractivity contribution is 5.90. The van der Waals surface area contributed by atoms with E-state index in [0.29, 0.717) is 28.8 Å². The average Bonchev–Trinajstić information content (AvgIpc) is 3.25. The van der Waals surface area contributed by atoms with Gasteiger partial charge < -0.3 is 19.4 Å². The molecule has 32 heavy (non-hydrogen) atoms. The van der Waals surface area contributed by atoms with Gasteiger partial charge in [-0.3, -0.25) is 4.79 Å². The van der Waals surface area contributed by atoms with Crippen molar-refractivity contribution in [3.63, 3.8) is 0 Å². The lowest BCUT2D eigenvalue weighted by molar-refractivity contribution is -0.134. The van der Waals surface area contributed by atoms with Crippen LogP contribution >= 0.6 is 0 Å². The van der Waals surface area contributed by atoms with Crippen molar-refractivity contribution < 1.29 is 14.3 Å². The van der Waals surface area contributed by atoms with Gasteiger partial charge in [-0.25, -0.2) is 4.98 Å². The van der Waals surface area contributed by atoms with E-state index in [2.05, 4.69) is 23.0 Å². The van der Waals surface area contributed by atoms with Gasteiger partial charge >= 0.3 is 0 Å². The molecule has 4 rings (SSSR count). The molecular formula is C25H26N4O3. The zero-order chi connectivity index (χ0) is 22.5. The number of rotatable bonds is 6. The number of amides is 1. The molecule has 3 aromatic rings. The minimum atomic E-state index is -0.0254. The molecule has 0 bridgehead atoms. The lowest BCUT2D eigenvalue weighted by Crippen LogP contribution is -2.40. The van der Waals surface area contributed by atoms with Crippen molar-refractivity contribution in [2.75, 3.05) is 26.8 Å². The molecule has 0 saturated carbocycles. The molecule has 0 radical (unpaired) electrons. The molecular weight excluding hydrogens is 404 g/mol. The van der Waals surface area contributed by atoms with Crippen molar-refractivity contribution in [1.82, 2.24) is 14.9 Å². The molecule has 0 aliphatic carbocycles. The zero-order valence-electron chi connectivity index (χ0n) is 18.3. The van der Waals surface area contributed by atoms with Crippen molar-refractivity contribution in [3.8, 4) is 17.6 Å². The van der Waals surface area contributed by atoms with E-state index < -0.39 is 0 Å². The SMILES string of the molecule is COc1cc(/C=C(/C#N)c2nc3ccccc3[nH]2)ccc1OCC(=O)N1CCC(C)CC1. The second kappa shape index (κ2) is 9.56. The third-order valence-corrected chi connectivity index (χ3v) is 5.75. The summed E-state index contributed by atoms with van der Waals surface area (Å²) in [6, 6.07) is 15.2. The molecule has 7 nitrogen and oxygen atoms in total. The first kappa shape index (κ1) is 21.4. The predicted octanol–water partition coefficient (Wildman–Crippen LogP) is 4.27. The van der Waals surface area contributed by atoms with Gasteiger partial charge in [0.2, 0.25) is 0 Å². The van der Waals surface area contributed by atoms with E-state index in [0.717, 1.165) is 42.5 Å². The first-order valence-electron chi connectivity index (χ1n) is 10.7. The Morgan fingerprint density at radius 2 is 2.03 bits per heavy atom. The summed E-state index contributed by atoms with van der Waals surface area (Å²) in [5.41, 5.74) is 2.85. The zero-order valence-corrected chi connectivity index (χ0v) is 18.3. The number of H-pyrrole nitrogens is 1. The van der Waals surface area contributed by atoms with Gasteiger partial charge in [-0.1, -0.05) is 25.1 Å². The fraction of sp³-hybridized carbons (Fsp3) is 0.320. The van der Waals surface area contributed by atoms with Crippen LogP contribution < -0.4 is 9.47 Å². The van der Waals surface area contributed by atoms with Crippen LogP contribution in [-0.4, -0.2) is 47.6 Å². The van der Waals surface area contributed by atoms with Crippen molar-refractivity contribution in [3.05, 3.63) is 53.9 Å². The molecule has 1 N–H and O–H groups in total. The Hall–Kier alpha value is -3.79. The van der Waals surface area contributed by atoms with Crippen LogP contribution in [0.2, 0.25) is 0 Å². The number of hydrogen-bond acceptors (Lipinski definition) is 5. The number of fused-ring (bicyclic) bond motifs is 1. The molecule has 1 saturated heterocycles. The maximum Gasteiger partial charge on any atom is 0.260 e. The number of imidazole rings is 1. The molecule has 2 aromatic carbocycles. The maximum absolute atomic E-state index is 12.5. The number of carbonyl (C=O) groups is 1. The van der Waals surface area contributed by atoms with Crippen molar-refractivity contribution in [2.45, 2.75) is 19.8 Å². The van der Waals surface area contributed by atoms with Crippen LogP contribution in [0.5, 0.6) is 11.5 Å². The van der Waals surface area contributed by atoms with E-state index in [4.69, 9.17) is 9.47 Å². The van der Waals surface area contributed by atoms with Crippen LogP contribution in [-0.2, 0) is 4.79 Å². The molecule has 1 fully saturated rings. The van der Waals surface area contributed by atoms with Gasteiger partial charge in [0.05, 0.1) is 23.7 Å². The first-order valence-corrected chi connectivity index (χ1v) is 10.7. The summed E-state index contributed by atoms with van der Waals surface area (Å²) in [6.45, 7) is 3.75. The predicted molar refractivity (Wildman–Crippen MR) is 123 cm³/mol. The normalized spacial score (nSPS) is 14.9. The molecule has 1 amide bonds.